The summed E-state index contributed by atoms with van der Waals surface area (Å²) in [5.41, 5.74) is 0. The first-order chi connectivity index (χ1) is 11.5. The molecule has 0 amide bonds. The number of sulfone groups is 1. The minimum absolute atomic E-state index is 0.204. The Morgan fingerprint density at radius 3 is 1.88 bits per heavy atom. The molecule has 24 heavy (non-hydrogen) atoms. The van der Waals surface area contributed by atoms with Crippen LogP contribution < -0.4 is 0 Å². The monoisotopic (exact) mass is 354 g/mol. The number of carbonyl (C=O) groups is 1. The molecule has 0 heterocycles. The highest BCUT2D eigenvalue weighted by molar-refractivity contribution is 7.91. The quantitative estimate of drug-likeness (QED) is 0.385. The summed E-state index contributed by atoms with van der Waals surface area (Å²) in [6.07, 6.45) is 9.57. The topological polar surface area (TPSA) is 60.4 Å². The van der Waals surface area contributed by atoms with E-state index in [0.717, 1.165) is 38.5 Å². The molecule has 4 nitrogen and oxygen atoms in total. The Kier molecular flexibility index (Phi) is 10.4. The number of benzene rings is 1. The summed E-state index contributed by atoms with van der Waals surface area (Å²) < 4.78 is 29.1. The van der Waals surface area contributed by atoms with E-state index >= 15 is 0 Å². The third-order valence-electron chi connectivity index (χ3n) is 3.97. The van der Waals surface area contributed by atoms with Crippen LogP contribution >= 0.6 is 0 Å². The summed E-state index contributed by atoms with van der Waals surface area (Å²) in [5, 5.41) is 0. The van der Waals surface area contributed by atoms with Crippen molar-refractivity contribution in [2.75, 3.05) is 12.4 Å². The molecule has 0 aromatic heterocycles. The van der Waals surface area contributed by atoms with Crippen LogP contribution in [-0.2, 0) is 19.4 Å². The molecular weight excluding hydrogens is 324 g/mol. The Bertz CT molecular complexity index is 552. The Hall–Kier alpha value is -1.36. The fourth-order valence-corrected chi connectivity index (χ4v) is 3.98. The van der Waals surface area contributed by atoms with E-state index in [1.807, 2.05) is 6.07 Å². The van der Waals surface area contributed by atoms with Gasteiger partial charge in [-0.1, -0.05) is 63.1 Å². The van der Waals surface area contributed by atoms with Gasteiger partial charge in [-0.2, -0.15) is 0 Å². The predicted octanol–water partition coefficient (Wildman–Crippen LogP) is 4.53. The smallest absolute Gasteiger partial charge is 0.302 e. The molecule has 5 heteroatoms. The van der Waals surface area contributed by atoms with E-state index in [9.17, 15) is 13.2 Å². The summed E-state index contributed by atoms with van der Waals surface area (Å²) >= 11 is 0. The van der Waals surface area contributed by atoms with Crippen LogP contribution in [0.2, 0.25) is 0 Å². The van der Waals surface area contributed by atoms with Crippen LogP contribution in [-0.4, -0.2) is 26.7 Å². The van der Waals surface area contributed by atoms with Gasteiger partial charge in [0.2, 0.25) is 0 Å². The first-order valence-electron chi connectivity index (χ1n) is 8.93. The van der Waals surface area contributed by atoms with E-state index in [1.165, 1.54) is 26.2 Å². The highest BCUT2D eigenvalue weighted by atomic mass is 32.2. The van der Waals surface area contributed by atoms with Gasteiger partial charge in [0.25, 0.3) is 0 Å². The van der Waals surface area contributed by atoms with Crippen molar-refractivity contribution < 1.29 is 17.9 Å². The van der Waals surface area contributed by atoms with Crippen molar-refractivity contribution in [1.82, 2.24) is 0 Å². The zero-order chi connectivity index (χ0) is 17.7. The third-order valence-corrected chi connectivity index (χ3v) is 5.78. The number of esters is 1. The molecular formula is C19H30O4S. The van der Waals surface area contributed by atoms with Gasteiger partial charge >= 0.3 is 5.97 Å². The minimum Gasteiger partial charge on any atom is -0.466 e. The molecule has 136 valence electrons. The standard InChI is InChI=1S/C19H30O4S/c1-18(20)23-16-12-7-5-3-2-4-6-8-13-17-24(21,22)19-14-10-9-11-15-19/h9-11,14-15H,2-8,12-13,16-17H2,1H3. The number of hydrogen-bond acceptors (Lipinski definition) is 4. The number of hydrogen-bond donors (Lipinski definition) is 0. The van der Waals surface area contributed by atoms with Crippen LogP contribution in [0.1, 0.15) is 64.7 Å². The molecule has 0 saturated heterocycles. The van der Waals surface area contributed by atoms with E-state index in [4.69, 9.17) is 4.74 Å². The molecule has 0 aliphatic rings. The van der Waals surface area contributed by atoms with Crippen LogP contribution in [0.5, 0.6) is 0 Å². The van der Waals surface area contributed by atoms with Gasteiger partial charge in [-0.3, -0.25) is 4.79 Å². The van der Waals surface area contributed by atoms with Crippen molar-refractivity contribution in [2.24, 2.45) is 0 Å². The van der Waals surface area contributed by atoms with Gasteiger partial charge in [0, 0.05) is 6.92 Å². The van der Waals surface area contributed by atoms with Crippen LogP contribution in [0.4, 0.5) is 0 Å². The lowest BCUT2D eigenvalue weighted by atomic mass is 10.1. The number of unbranched alkanes of at least 4 members (excludes halogenated alkanes) is 8. The molecule has 1 rings (SSSR count). The van der Waals surface area contributed by atoms with Crippen LogP contribution in [0.3, 0.4) is 0 Å². The summed E-state index contributed by atoms with van der Waals surface area (Å²) in [5.74, 6) is 0.0388. The molecule has 0 atom stereocenters. The van der Waals surface area contributed by atoms with Gasteiger partial charge in [-0.05, 0) is 25.0 Å². The van der Waals surface area contributed by atoms with E-state index in [0.29, 0.717) is 11.5 Å². The summed E-state index contributed by atoms with van der Waals surface area (Å²) in [4.78, 5) is 11.0. The minimum atomic E-state index is -3.11. The van der Waals surface area contributed by atoms with Gasteiger partial charge in [-0.15, -0.1) is 0 Å². The van der Waals surface area contributed by atoms with Crippen molar-refractivity contribution in [1.29, 1.82) is 0 Å². The van der Waals surface area contributed by atoms with Crippen molar-refractivity contribution in [2.45, 2.75) is 69.6 Å². The van der Waals surface area contributed by atoms with Crippen molar-refractivity contribution in [3.05, 3.63) is 30.3 Å². The van der Waals surface area contributed by atoms with E-state index in [1.54, 1.807) is 24.3 Å². The van der Waals surface area contributed by atoms with E-state index in [2.05, 4.69) is 0 Å². The van der Waals surface area contributed by atoms with Gasteiger partial charge < -0.3 is 4.74 Å². The van der Waals surface area contributed by atoms with Crippen molar-refractivity contribution >= 4 is 15.8 Å². The third kappa shape index (κ3) is 9.71. The highest BCUT2D eigenvalue weighted by Gasteiger charge is 2.12. The number of ether oxygens (including phenoxy) is 1. The van der Waals surface area contributed by atoms with Crippen molar-refractivity contribution in [3.63, 3.8) is 0 Å². The average Bonchev–Trinajstić information content (AvgIpc) is 2.56. The second kappa shape index (κ2) is 12.1. The molecule has 0 spiro atoms. The average molecular weight is 355 g/mol. The van der Waals surface area contributed by atoms with Crippen LogP contribution in [0.25, 0.3) is 0 Å². The molecule has 0 aliphatic heterocycles. The Morgan fingerprint density at radius 2 is 1.33 bits per heavy atom. The number of rotatable bonds is 13. The van der Waals surface area contributed by atoms with Gasteiger partial charge in [-0.25, -0.2) is 8.42 Å². The first kappa shape index (κ1) is 20.7. The van der Waals surface area contributed by atoms with Crippen LogP contribution in [0.15, 0.2) is 35.2 Å². The molecule has 1 aromatic rings. The molecule has 0 radical (unpaired) electrons. The second-order valence-corrected chi connectivity index (χ2v) is 8.26. The highest BCUT2D eigenvalue weighted by Crippen LogP contribution is 2.14. The molecule has 0 N–H and O–H groups in total. The number of carbonyl (C=O) groups excluding carboxylic acids is 1. The lowest BCUT2D eigenvalue weighted by Crippen LogP contribution is -2.06. The van der Waals surface area contributed by atoms with E-state index < -0.39 is 9.84 Å². The normalized spacial score (nSPS) is 11.4. The largest absolute Gasteiger partial charge is 0.466 e. The lowest BCUT2D eigenvalue weighted by Gasteiger charge is -2.05. The van der Waals surface area contributed by atoms with Crippen molar-refractivity contribution in [3.8, 4) is 0 Å². The molecule has 0 aliphatic carbocycles. The zero-order valence-corrected chi connectivity index (χ0v) is 15.5. The second-order valence-electron chi connectivity index (χ2n) is 6.15. The molecule has 0 fully saturated rings. The maximum Gasteiger partial charge on any atom is 0.302 e. The molecule has 0 saturated carbocycles. The Balaban J connectivity index is 1.95. The predicted molar refractivity (Wildman–Crippen MR) is 96.7 cm³/mol. The fourth-order valence-electron chi connectivity index (χ4n) is 2.59. The maximum atomic E-state index is 12.1. The van der Waals surface area contributed by atoms with Gasteiger partial charge in [0.1, 0.15) is 0 Å². The molecule has 1 aromatic carbocycles. The molecule has 0 bridgehead atoms. The Morgan fingerprint density at radius 1 is 0.833 bits per heavy atom. The molecule has 0 unspecified atom stereocenters. The summed E-state index contributed by atoms with van der Waals surface area (Å²) in [6.45, 7) is 1.97. The van der Waals surface area contributed by atoms with Gasteiger partial charge in [0.15, 0.2) is 9.84 Å². The Labute approximate surface area is 146 Å². The lowest BCUT2D eigenvalue weighted by molar-refractivity contribution is -0.141. The van der Waals surface area contributed by atoms with Gasteiger partial charge in [0.05, 0.1) is 17.3 Å². The zero-order valence-electron chi connectivity index (χ0n) is 14.7. The van der Waals surface area contributed by atoms with Crippen LogP contribution in [0, 0.1) is 0 Å². The summed E-state index contributed by atoms with van der Waals surface area (Å²) in [6, 6.07) is 8.68. The van der Waals surface area contributed by atoms with E-state index in [-0.39, 0.29) is 11.7 Å². The SMILES string of the molecule is CC(=O)OCCCCCCCCCCCS(=O)(=O)c1ccccc1. The first-order valence-corrected chi connectivity index (χ1v) is 10.6. The maximum absolute atomic E-state index is 12.1. The fraction of sp³-hybridized carbons (Fsp3) is 0.632. The summed E-state index contributed by atoms with van der Waals surface area (Å²) in [7, 11) is -3.11.